The van der Waals surface area contributed by atoms with Crippen molar-refractivity contribution in [3.63, 3.8) is 0 Å². The first-order valence-corrected chi connectivity index (χ1v) is 10.0. The fourth-order valence-corrected chi connectivity index (χ4v) is 3.24. The summed E-state index contributed by atoms with van der Waals surface area (Å²) < 4.78 is 27.5. The van der Waals surface area contributed by atoms with Crippen LogP contribution < -0.4 is 10.6 Å². The van der Waals surface area contributed by atoms with Crippen LogP contribution in [0.15, 0.2) is 41.7 Å². The van der Waals surface area contributed by atoms with Gasteiger partial charge in [0.2, 0.25) is 0 Å². The number of pyridine rings is 1. The highest BCUT2D eigenvalue weighted by Gasteiger charge is 2.25. The number of amides is 2. The van der Waals surface area contributed by atoms with E-state index in [4.69, 9.17) is 28.4 Å². The smallest absolute Gasteiger partial charge is 0.282 e. The van der Waals surface area contributed by atoms with Crippen LogP contribution in [0.2, 0.25) is 10.0 Å². The van der Waals surface area contributed by atoms with Crippen LogP contribution in [0.25, 0.3) is 5.82 Å². The number of halogens is 4. The number of hydrogen-bond donors (Lipinski definition) is 3. The maximum atomic E-state index is 13.3. The quantitative estimate of drug-likeness (QED) is 0.251. The summed E-state index contributed by atoms with van der Waals surface area (Å²) in [7, 11) is 0. The normalized spacial score (nSPS) is 10.9. The van der Waals surface area contributed by atoms with E-state index in [1.807, 2.05) is 6.07 Å². The topological polar surface area (TPSA) is 145 Å². The molecule has 3 N–H and O–H groups in total. The number of nitriles is 1. The molecule has 3 aromatic rings. The van der Waals surface area contributed by atoms with Gasteiger partial charge in [0.05, 0.1) is 34.6 Å². The largest absolute Gasteiger partial charge is 0.411 e. The molecule has 3 rings (SSSR count). The number of nitrogens with zero attached hydrogens (tertiary/aromatic N) is 5. The van der Waals surface area contributed by atoms with Crippen molar-refractivity contribution in [2.45, 2.75) is 6.43 Å². The molecule has 1 aromatic carbocycles. The summed E-state index contributed by atoms with van der Waals surface area (Å²) in [5.41, 5.74) is -1.69. The Morgan fingerprint density at radius 1 is 1.29 bits per heavy atom. The van der Waals surface area contributed by atoms with Crippen molar-refractivity contribution in [1.29, 1.82) is 5.26 Å². The molecular formula is C20H13Cl2F2N7O3. The third-order valence-electron chi connectivity index (χ3n) is 4.27. The van der Waals surface area contributed by atoms with Crippen LogP contribution in [0.3, 0.4) is 0 Å². The third-order valence-corrected chi connectivity index (χ3v) is 4.78. The lowest BCUT2D eigenvalue weighted by molar-refractivity contribution is 0.0960. The van der Waals surface area contributed by atoms with Gasteiger partial charge in [-0.1, -0.05) is 23.2 Å². The molecule has 2 amide bonds. The van der Waals surface area contributed by atoms with Crippen LogP contribution in [0.5, 0.6) is 0 Å². The van der Waals surface area contributed by atoms with Crippen molar-refractivity contribution in [1.82, 2.24) is 20.1 Å². The Morgan fingerprint density at radius 3 is 2.71 bits per heavy atom. The molecule has 174 valence electrons. The van der Waals surface area contributed by atoms with E-state index in [1.165, 1.54) is 30.5 Å². The lowest BCUT2D eigenvalue weighted by atomic mass is 10.1. The molecule has 0 fully saturated rings. The molecule has 2 aromatic heterocycles. The molecule has 10 nitrogen and oxygen atoms in total. The van der Waals surface area contributed by atoms with Crippen molar-refractivity contribution in [2.24, 2.45) is 5.16 Å². The highest BCUT2D eigenvalue weighted by molar-refractivity contribution is 6.32. The number of anilines is 1. The molecule has 0 aliphatic heterocycles. The van der Waals surface area contributed by atoms with Gasteiger partial charge in [-0.2, -0.15) is 10.4 Å². The van der Waals surface area contributed by atoms with Crippen molar-refractivity contribution < 1.29 is 23.6 Å². The minimum absolute atomic E-state index is 0.0285. The number of hydrogen-bond acceptors (Lipinski definition) is 7. The fraction of sp³-hybridized carbons (Fsp3) is 0.100. The van der Waals surface area contributed by atoms with Crippen LogP contribution in [0.4, 0.5) is 14.5 Å². The summed E-state index contributed by atoms with van der Waals surface area (Å²) in [5, 5.41) is 29.3. The number of carbonyl (C=O) groups excluding carboxylic acids is 2. The molecular weight excluding hydrogens is 495 g/mol. The number of rotatable bonds is 7. The first kappa shape index (κ1) is 24.6. The minimum Gasteiger partial charge on any atom is -0.411 e. The second-order valence-electron chi connectivity index (χ2n) is 6.43. The van der Waals surface area contributed by atoms with E-state index >= 15 is 0 Å². The average Bonchev–Trinajstić information content (AvgIpc) is 3.26. The van der Waals surface area contributed by atoms with Crippen molar-refractivity contribution in [3.8, 4) is 11.9 Å². The van der Waals surface area contributed by atoms with Gasteiger partial charge in [0.15, 0.2) is 5.82 Å². The number of alkyl halides is 2. The van der Waals surface area contributed by atoms with E-state index in [0.717, 1.165) is 17.0 Å². The van der Waals surface area contributed by atoms with Crippen LogP contribution in [0, 0.1) is 11.3 Å². The predicted molar refractivity (Wildman–Crippen MR) is 118 cm³/mol. The number of oxime groups is 1. The monoisotopic (exact) mass is 507 g/mol. The van der Waals surface area contributed by atoms with Gasteiger partial charge < -0.3 is 15.8 Å². The van der Waals surface area contributed by atoms with Gasteiger partial charge >= 0.3 is 0 Å². The standard InChI is InChI=1S/C20H13Cl2F2N7O3/c21-11-6-10(9-25)16(12(7-11)19(32)27-4-5-28-34)29-20(33)15-8-14(17(23)24)30-31(15)18-13(22)2-1-3-26-18/h1-3,5-8,17,34H,4H2,(H,27,32)(H,29,33)/b28-5+. The lowest BCUT2D eigenvalue weighted by Crippen LogP contribution is -2.27. The van der Waals surface area contributed by atoms with Crippen LogP contribution in [-0.4, -0.2) is 44.5 Å². The van der Waals surface area contributed by atoms with Gasteiger partial charge in [0.1, 0.15) is 17.5 Å². The SMILES string of the molecule is N#Cc1cc(Cl)cc(C(=O)NC/C=N/O)c1NC(=O)c1cc(C(F)F)nn1-c1ncccc1Cl. The summed E-state index contributed by atoms with van der Waals surface area (Å²) >= 11 is 12.1. The summed E-state index contributed by atoms with van der Waals surface area (Å²) in [6.45, 7) is -0.167. The summed E-state index contributed by atoms with van der Waals surface area (Å²) in [6, 6.07) is 7.99. The van der Waals surface area contributed by atoms with Crippen molar-refractivity contribution >= 4 is 46.9 Å². The van der Waals surface area contributed by atoms with Crippen molar-refractivity contribution in [2.75, 3.05) is 11.9 Å². The van der Waals surface area contributed by atoms with Gasteiger partial charge in [-0.15, -0.1) is 5.16 Å². The highest BCUT2D eigenvalue weighted by atomic mass is 35.5. The first-order chi connectivity index (χ1) is 16.3. The van der Waals surface area contributed by atoms with Gasteiger partial charge in [-0.3, -0.25) is 9.59 Å². The van der Waals surface area contributed by atoms with E-state index in [2.05, 4.69) is 25.9 Å². The number of aromatic nitrogens is 3. The van der Waals surface area contributed by atoms with Gasteiger partial charge in [-0.05, 0) is 30.3 Å². The maximum Gasteiger partial charge on any atom is 0.282 e. The summed E-state index contributed by atoms with van der Waals surface area (Å²) in [4.78, 5) is 29.7. The Kier molecular flexibility index (Phi) is 7.72. The molecule has 0 radical (unpaired) electrons. The molecule has 0 unspecified atom stereocenters. The van der Waals surface area contributed by atoms with E-state index in [9.17, 15) is 23.6 Å². The number of benzene rings is 1. The Bertz CT molecular complexity index is 1320. The van der Waals surface area contributed by atoms with Gasteiger partial charge in [0, 0.05) is 11.2 Å². The number of nitrogens with one attached hydrogen (secondary N) is 2. The summed E-state index contributed by atoms with van der Waals surface area (Å²) in [5.74, 6) is -1.83. The highest BCUT2D eigenvalue weighted by Crippen LogP contribution is 2.28. The Hall–Kier alpha value is -4.08. The Morgan fingerprint density at radius 2 is 2.06 bits per heavy atom. The second-order valence-corrected chi connectivity index (χ2v) is 7.27. The first-order valence-electron chi connectivity index (χ1n) is 9.24. The Labute approximate surface area is 200 Å². The van der Waals surface area contributed by atoms with E-state index in [0.29, 0.717) is 0 Å². The van der Waals surface area contributed by atoms with Crippen LogP contribution in [-0.2, 0) is 0 Å². The molecule has 0 saturated heterocycles. The second kappa shape index (κ2) is 10.7. The van der Waals surface area contributed by atoms with Crippen LogP contribution in [0.1, 0.15) is 38.5 Å². The zero-order chi connectivity index (χ0) is 24.8. The average molecular weight is 508 g/mol. The zero-order valence-corrected chi connectivity index (χ0v) is 18.3. The zero-order valence-electron chi connectivity index (χ0n) is 16.8. The molecule has 14 heteroatoms. The minimum atomic E-state index is -3.00. The maximum absolute atomic E-state index is 13.3. The lowest BCUT2D eigenvalue weighted by Gasteiger charge is -2.14. The van der Waals surface area contributed by atoms with Crippen molar-refractivity contribution in [3.05, 3.63) is 69.1 Å². The molecule has 0 spiro atoms. The molecule has 0 aliphatic carbocycles. The molecule has 2 heterocycles. The molecule has 0 saturated carbocycles. The number of carbonyl (C=O) groups is 2. The van der Waals surface area contributed by atoms with E-state index in [-0.39, 0.29) is 44.9 Å². The summed E-state index contributed by atoms with van der Waals surface area (Å²) in [6.07, 6.45) is -0.681. The van der Waals surface area contributed by atoms with Gasteiger partial charge in [0.25, 0.3) is 18.2 Å². The molecule has 0 aliphatic rings. The van der Waals surface area contributed by atoms with E-state index in [1.54, 1.807) is 0 Å². The predicted octanol–water partition coefficient (Wildman–Crippen LogP) is 3.83. The molecule has 0 bridgehead atoms. The van der Waals surface area contributed by atoms with Crippen LogP contribution >= 0.6 is 23.2 Å². The van der Waals surface area contributed by atoms with E-state index < -0.39 is 23.9 Å². The third kappa shape index (κ3) is 5.28. The fourth-order valence-electron chi connectivity index (χ4n) is 2.82. The molecule has 34 heavy (non-hydrogen) atoms. The molecule has 0 atom stereocenters. The van der Waals surface area contributed by atoms with Gasteiger partial charge in [-0.25, -0.2) is 18.4 Å². The Balaban J connectivity index is 2.08.